The first kappa shape index (κ1) is 13.1. The Bertz CT molecular complexity index is 427. The molecule has 0 aliphatic heterocycles. The van der Waals surface area contributed by atoms with Crippen LogP contribution in [-0.2, 0) is 11.3 Å². The largest absolute Gasteiger partial charge is 0.387 e. The zero-order chi connectivity index (χ0) is 13.0. The van der Waals surface area contributed by atoms with Gasteiger partial charge < -0.3 is 9.84 Å². The molecule has 1 N–H and O–H groups in total. The lowest BCUT2D eigenvalue weighted by molar-refractivity contribution is 0.0670. The lowest BCUT2D eigenvalue weighted by Gasteiger charge is -2.27. The Kier molecular flexibility index (Phi) is 4.00. The molecule has 1 atom stereocenters. The molecule has 3 heteroatoms. The Morgan fingerprint density at radius 1 is 1.33 bits per heavy atom. The maximum Gasteiger partial charge on any atom is 0.0976 e. The van der Waals surface area contributed by atoms with Crippen LogP contribution < -0.4 is 0 Å². The third kappa shape index (κ3) is 2.40. The van der Waals surface area contributed by atoms with Gasteiger partial charge in [-0.25, -0.2) is 0 Å². The van der Waals surface area contributed by atoms with Crippen molar-refractivity contribution in [1.82, 2.24) is 0 Å². The van der Waals surface area contributed by atoms with E-state index in [4.69, 9.17) is 4.74 Å². The molecule has 1 aliphatic rings. The highest BCUT2D eigenvalue weighted by Crippen LogP contribution is 2.47. The minimum atomic E-state index is -0.679. The van der Waals surface area contributed by atoms with Crippen molar-refractivity contribution in [3.63, 3.8) is 0 Å². The summed E-state index contributed by atoms with van der Waals surface area (Å²) in [4.78, 5) is 0. The monoisotopic (exact) mass is 245 g/mol. The van der Waals surface area contributed by atoms with Gasteiger partial charge in [0.1, 0.15) is 0 Å². The summed E-state index contributed by atoms with van der Waals surface area (Å²) < 4.78 is 5.05. The zero-order valence-electron chi connectivity index (χ0n) is 10.7. The van der Waals surface area contributed by atoms with E-state index >= 15 is 0 Å². The first-order valence-electron chi connectivity index (χ1n) is 6.39. The summed E-state index contributed by atoms with van der Waals surface area (Å²) in [6.07, 6.45) is 2.98. The first-order chi connectivity index (χ1) is 8.72. The minimum Gasteiger partial charge on any atom is -0.387 e. The predicted molar refractivity (Wildman–Crippen MR) is 68.6 cm³/mol. The molecule has 0 bridgehead atoms. The number of aliphatic hydroxyl groups excluding tert-OH is 1. The molecule has 3 nitrogen and oxygen atoms in total. The van der Waals surface area contributed by atoms with Gasteiger partial charge in [0.15, 0.2) is 0 Å². The van der Waals surface area contributed by atoms with E-state index in [0.29, 0.717) is 6.61 Å². The number of hydrogen-bond donors (Lipinski definition) is 1. The Hall–Kier alpha value is -1.37. The molecule has 0 radical (unpaired) electrons. The Labute approximate surface area is 108 Å². The van der Waals surface area contributed by atoms with Crippen molar-refractivity contribution in [3.05, 3.63) is 35.4 Å². The number of methoxy groups -OCH3 is 1. The van der Waals surface area contributed by atoms with Gasteiger partial charge in [-0.2, -0.15) is 5.26 Å². The molecular weight excluding hydrogens is 226 g/mol. The van der Waals surface area contributed by atoms with E-state index in [2.05, 4.69) is 6.07 Å². The average molecular weight is 245 g/mol. The summed E-state index contributed by atoms with van der Waals surface area (Å²) in [7, 11) is 1.66. The Morgan fingerprint density at radius 3 is 2.44 bits per heavy atom. The number of benzene rings is 1. The Balaban J connectivity index is 2.18. The standard InChI is InChI=1S/C15H19NO2/c1-18-10-12-4-6-13(7-5-12)14(17)15(11-16)8-2-3-9-15/h4-7,14,17H,2-3,8-10H2,1H3. The van der Waals surface area contributed by atoms with Gasteiger partial charge >= 0.3 is 0 Å². The van der Waals surface area contributed by atoms with Gasteiger partial charge in [-0.3, -0.25) is 0 Å². The summed E-state index contributed by atoms with van der Waals surface area (Å²) in [6.45, 7) is 0.569. The van der Waals surface area contributed by atoms with Gasteiger partial charge in [0.05, 0.1) is 24.2 Å². The van der Waals surface area contributed by atoms with E-state index in [1.165, 1.54) is 0 Å². The number of rotatable bonds is 4. The highest BCUT2D eigenvalue weighted by molar-refractivity contribution is 5.27. The molecule has 1 unspecified atom stereocenters. The molecule has 18 heavy (non-hydrogen) atoms. The van der Waals surface area contributed by atoms with Crippen LogP contribution in [0.1, 0.15) is 42.9 Å². The predicted octanol–water partition coefficient (Wildman–Crippen LogP) is 2.95. The van der Waals surface area contributed by atoms with E-state index in [1.807, 2.05) is 24.3 Å². The van der Waals surface area contributed by atoms with Crippen LogP contribution >= 0.6 is 0 Å². The van der Waals surface area contributed by atoms with Crippen LogP contribution in [0, 0.1) is 16.7 Å². The van der Waals surface area contributed by atoms with Crippen molar-refractivity contribution in [2.75, 3.05) is 7.11 Å². The van der Waals surface area contributed by atoms with Crippen molar-refractivity contribution < 1.29 is 9.84 Å². The summed E-state index contributed by atoms with van der Waals surface area (Å²) in [5.41, 5.74) is 1.33. The third-order valence-corrected chi connectivity index (χ3v) is 3.85. The molecule has 1 aromatic rings. The van der Waals surface area contributed by atoms with Crippen molar-refractivity contribution in [3.8, 4) is 6.07 Å². The maximum atomic E-state index is 10.4. The molecule has 1 aliphatic carbocycles. The molecule has 1 fully saturated rings. The summed E-state index contributed by atoms with van der Waals surface area (Å²) in [5.74, 6) is 0. The topological polar surface area (TPSA) is 53.2 Å². The molecule has 0 aromatic heterocycles. The fourth-order valence-corrected chi connectivity index (χ4v) is 2.73. The van der Waals surface area contributed by atoms with Gasteiger partial charge in [0.25, 0.3) is 0 Å². The van der Waals surface area contributed by atoms with E-state index in [0.717, 1.165) is 36.8 Å². The second-order valence-electron chi connectivity index (χ2n) is 5.05. The van der Waals surface area contributed by atoms with Crippen LogP contribution in [0.5, 0.6) is 0 Å². The van der Waals surface area contributed by atoms with E-state index in [-0.39, 0.29) is 0 Å². The van der Waals surface area contributed by atoms with Gasteiger partial charge in [-0.1, -0.05) is 37.1 Å². The fraction of sp³-hybridized carbons (Fsp3) is 0.533. The maximum absolute atomic E-state index is 10.4. The number of hydrogen-bond acceptors (Lipinski definition) is 3. The normalized spacial score (nSPS) is 19.4. The van der Waals surface area contributed by atoms with Gasteiger partial charge in [0.2, 0.25) is 0 Å². The fourth-order valence-electron chi connectivity index (χ4n) is 2.73. The zero-order valence-corrected chi connectivity index (χ0v) is 10.7. The van der Waals surface area contributed by atoms with E-state index < -0.39 is 11.5 Å². The van der Waals surface area contributed by atoms with Crippen molar-refractivity contribution in [1.29, 1.82) is 5.26 Å². The first-order valence-corrected chi connectivity index (χ1v) is 6.39. The SMILES string of the molecule is COCc1ccc(C(O)C2(C#N)CCCC2)cc1. The van der Waals surface area contributed by atoms with Crippen LogP contribution in [-0.4, -0.2) is 12.2 Å². The van der Waals surface area contributed by atoms with Crippen LogP contribution in [0.15, 0.2) is 24.3 Å². The molecule has 0 amide bonds. The van der Waals surface area contributed by atoms with E-state index in [1.54, 1.807) is 7.11 Å². The number of nitriles is 1. The highest BCUT2D eigenvalue weighted by Gasteiger charge is 2.41. The van der Waals surface area contributed by atoms with Gasteiger partial charge in [-0.15, -0.1) is 0 Å². The van der Waals surface area contributed by atoms with Gasteiger partial charge in [0, 0.05) is 7.11 Å². The molecule has 0 saturated heterocycles. The second kappa shape index (κ2) is 5.51. The van der Waals surface area contributed by atoms with Crippen molar-refractivity contribution in [2.24, 2.45) is 5.41 Å². The van der Waals surface area contributed by atoms with Crippen LogP contribution in [0.3, 0.4) is 0 Å². The number of nitrogens with zero attached hydrogens (tertiary/aromatic N) is 1. The molecule has 1 aromatic carbocycles. The molecule has 0 heterocycles. The van der Waals surface area contributed by atoms with E-state index in [9.17, 15) is 10.4 Å². The summed E-state index contributed by atoms with van der Waals surface area (Å²) in [6, 6.07) is 10.0. The lowest BCUT2D eigenvalue weighted by Crippen LogP contribution is -2.23. The van der Waals surface area contributed by atoms with Crippen molar-refractivity contribution >= 4 is 0 Å². The quantitative estimate of drug-likeness (QED) is 0.887. The molecule has 0 spiro atoms. The summed E-state index contributed by atoms with van der Waals surface area (Å²) in [5, 5.41) is 19.8. The highest BCUT2D eigenvalue weighted by atomic mass is 16.5. The molecule has 1 saturated carbocycles. The van der Waals surface area contributed by atoms with Crippen molar-refractivity contribution in [2.45, 2.75) is 38.4 Å². The molecular formula is C15H19NO2. The van der Waals surface area contributed by atoms with Crippen LogP contribution in [0.4, 0.5) is 0 Å². The Morgan fingerprint density at radius 2 is 1.94 bits per heavy atom. The minimum absolute atomic E-state index is 0.569. The molecule has 2 rings (SSSR count). The summed E-state index contributed by atoms with van der Waals surface area (Å²) >= 11 is 0. The molecule has 96 valence electrons. The number of ether oxygens (including phenoxy) is 1. The smallest absolute Gasteiger partial charge is 0.0976 e. The van der Waals surface area contributed by atoms with Crippen LogP contribution in [0.25, 0.3) is 0 Å². The second-order valence-corrected chi connectivity index (χ2v) is 5.05. The lowest BCUT2D eigenvalue weighted by atomic mass is 9.78. The third-order valence-electron chi connectivity index (χ3n) is 3.85. The van der Waals surface area contributed by atoms with Gasteiger partial charge in [-0.05, 0) is 24.0 Å². The van der Waals surface area contributed by atoms with Crippen LogP contribution in [0.2, 0.25) is 0 Å². The number of aliphatic hydroxyl groups is 1. The average Bonchev–Trinajstić information content (AvgIpc) is 2.89.